The van der Waals surface area contributed by atoms with Crippen LogP contribution < -0.4 is 0 Å². The van der Waals surface area contributed by atoms with Gasteiger partial charge in [0.25, 0.3) is 0 Å². The maximum atomic E-state index is 11.7. The predicted octanol–water partition coefficient (Wildman–Crippen LogP) is 1.76. The van der Waals surface area contributed by atoms with Crippen molar-refractivity contribution in [2.75, 3.05) is 19.8 Å². The molecule has 0 atom stereocenters. The van der Waals surface area contributed by atoms with Gasteiger partial charge in [-0.1, -0.05) is 11.8 Å². The van der Waals surface area contributed by atoms with Gasteiger partial charge in [-0.2, -0.15) is 0 Å². The van der Waals surface area contributed by atoms with Crippen LogP contribution in [0.5, 0.6) is 0 Å². The van der Waals surface area contributed by atoms with E-state index >= 15 is 0 Å². The standard InChI is InChI=1S/C9H15O4P/c1-3-12-14(11,13-4-2)9-7-5-6-8-10/h7,9-10H,3-4,8H2,1-2H3. The monoisotopic (exact) mass is 218 g/mol. The second-order valence-corrected chi connectivity index (χ2v) is 4.06. The molecule has 0 radical (unpaired) electrons. The van der Waals surface area contributed by atoms with Crippen molar-refractivity contribution in [2.24, 2.45) is 0 Å². The van der Waals surface area contributed by atoms with Gasteiger partial charge < -0.3 is 14.2 Å². The van der Waals surface area contributed by atoms with Crippen molar-refractivity contribution in [1.82, 2.24) is 0 Å². The van der Waals surface area contributed by atoms with Gasteiger partial charge in [-0.3, -0.25) is 4.57 Å². The maximum absolute atomic E-state index is 11.7. The number of allylic oxidation sites excluding steroid dienone is 1. The van der Waals surface area contributed by atoms with E-state index in [1.807, 2.05) is 0 Å². The van der Waals surface area contributed by atoms with E-state index in [0.717, 1.165) is 0 Å². The predicted molar refractivity (Wildman–Crippen MR) is 54.9 cm³/mol. The molecule has 0 heterocycles. The molecule has 0 fully saturated rings. The second kappa shape index (κ2) is 7.78. The van der Waals surface area contributed by atoms with E-state index in [2.05, 4.69) is 11.8 Å². The summed E-state index contributed by atoms with van der Waals surface area (Å²) in [4.78, 5) is 0. The zero-order valence-corrected chi connectivity index (χ0v) is 9.29. The third-order valence-corrected chi connectivity index (χ3v) is 2.89. The molecule has 0 saturated heterocycles. The van der Waals surface area contributed by atoms with E-state index in [9.17, 15) is 4.57 Å². The lowest BCUT2D eigenvalue weighted by atomic mass is 10.6. The van der Waals surface area contributed by atoms with Gasteiger partial charge in [0.2, 0.25) is 0 Å². The van der Waals surface area contributed by atoms with Crippen LogP contribution in [0.2, 0.25) is 0 Å². The molecular formula is C9H15O4P. The number of aliphatic hydroxyl groups is 1. The van der Waals surface area contributed by atoms with Crippen LogP contribution in [0.25, 0.3) is 0 Å². The third-order valence-electron chi connectivity index (χ3n) is 1.14. The normalized spacial score (nSPS) is 11.4. The van der Waals surface area contributed by atoms with Gasteiger partial charge in [0.15, 0.2) is 0 Å². The first kappa shape index (κ1) is 13.4. The van der Waals surface area contributed by atoms with Crippen molar-refractivity contribution in [3.8, 4) is 11.8 Å². The number of rotatable bonds is 5. The van der Waals surface area contributed by atoms with Gasteiger partial charge in [0, 0.05) is 5.82 Å². The van der Waals surface area contributed by atoms with Crippen LogP contribution in [0.1, 0.15) is 13.8 Å². The van der Waals surface area contributed by atoms with Crippen molar-refractivity contribution in [1.29, 1.82) is 0 Å². The Morgan fingerprint density at radius 1 is 1.36 bits per heavy atom. The van der Waals surface area contributed by atoms with Crippen molar-refractivity contribution >= 4 is 7.60 Å². The smallest absolute Gasteiger partial charge is 0.354 e. The summed E-state index contributed by atoms with van der Waals surface area (Å²) in [6.07, 6.45) is 1.36. The molecule has 14 heavy (non-hydrogen) atoms. The molecule has 0 unspecified atom stereocenters. The maximum Gasteiger partial charge on any atom is 0.354 e. The molecule has 0 amide bonds. The van der Waals surface area contributed by atoms with Crippen LogP contribution in [-0.2, 0) is 13.6 Å². The Morgan fingerprint density at radius 3 is 2.36 bits per heavy atom. The van der Waals surface area contributed by atoms with Crippen molar-refractivity contribution in [3.05, 3.63) is 11.9 Å². The molecule has 0 aromatic carbocycles. The summed E-state index contributed by atoms with van der Waals surface area (Å²) >= 11 is 0. The first-order chi connectivity index (χ1) is 6.68. The van der Waals surface area contributed by atoms with Gasteiger partial charge in [0.05, 0.1) is 13.2 Å². The Kier molecular flexibility index (Phi) is 7.45. The summed E-state index contributed by atoms with van der Waals surface area (Å²) in [7, 11) is -3.12. The molecule has 80 valence electrons. The largest absolute Gasteiger partial charge is 0.384 e. The fraction of sp³-hybridized carbons (Fsp3) is 0.556. The quantitative estimate of drug-likeness (QED) is 0.564. The minimum Gasteiger partial charge on any atom is -0.384 e. The molecule has 0 saturated carbocycles. The van der Waals surface area contributed by atoms with Crippen LogP contribution in [0.3, 0.4) is 0 Å². The number of aliphatic hydroxyl groups excluding tert-OH is 1. The summed E-state index contributed by atoms with van der Waals surface area (Å²) in [5.41, 5.74) is 0. The van der Waals surface area contributed by atoms with Gasteiger partial charge in [-0.15, -0.1) is 0 Å². The van der Waals surface area contributed by atoms with E-state index in [1.165, 1.54) is 11.9 Å². The Balaban J connectivity index is 4.35. The minimum atomic E-state index is -3.12. The fourth-order valence-corrected chi connectivity index (χ4v) is 1.94. The first-order valence-electron chi connectivity index (χ1n) is 4.34. The van der Waals surface area contributed by atoms with Gasteiger partial charge >= 0.3 is 7.60 Å². The number of hydrogen-bond donors (Lipinski definition) is 1. The summed E-state index contributed by atoms with van der Waals surface area (Å²) in [5, 5.41) is 8.36. The van der Waals surface area contributed by atoms with E-state index in [1.54, 1.807) is 13.8 Å². The van der Waals surface area contributed by atoms with Gasteiger partial charge in [-0.25, -0.2) is 0 Å². The Bertz CT molecular complexity index is 264. The van der Waals surface area contributed by atoms with E-state index in [4.69, 9.17) is 14.2 Å². The molecule has 0 aliphatic rings. The van der Waals surface area contributed by atoms with Crippen molar-refractivity contribution in [2.45, 2.75) is 13.8 Å². The zero-order valence-electron chi connectivity index (χ0n) is 8.40. The highest BCUT2D eigenvalue weighted by Gasteiger charge is 2.18. The fourth-order valence-electron chi connectivity index (χ4n) is 0.716. The lowest BCUT2D eigenvalue weighted by Crippen LogP contribution is -1.92. The van der Waals surface area contributed by atoms with Crippen molar-refractivity contribution in [3.63, 3.8) is 0 Å². The molecule has 5 heteroatoms. The topological polar surface area (TPSA) is 55.8 Å². The first-order valence-corrected chi connectivity index (χ1v) is 5.95. The van der Waals surface area contributed by atoms with E-state index in [0.29, 0.717) is 13.2 Å². The van der Waals surface area contributed by atoms with Crippen LogP contribution in [-0.4, -0.2) is 24.9 Å². The van der Waals surface area contributed by atoms with Crippen LogP contribution in [0.4, 0.5) is 0 Å². The zero-order chi connectivity index (χ0) is 10.9. The molecule has 0 rings (SSSR count). The Labute approximate surface area is 84.5 Å². The molecule has 0 aliphatic heterocycles. The summed E-state index contributed by atoms with van der Waals surface area (Å²) < 4.78 is 21.6. The highest BCUT2D eigenvalue weighted by Crippen LogP contribution is 2.49. The lowest BCUT2D eigenvalue weighted by Gasteiger charge is -2.11. The summed E-state index contributed by atoms with van der Waals surface area (Å²) in [6, 6.07) is 0. The summed E-state index contributed by atoms with van der Waals surface area (Å²) in [5.74, 6) is 6.18. The summed E-state index contributed by atoms with van der Waals surface area (Å²) in [6.45, 7) is 3.87. The van der Waals surface area contributed by atoms with Gasteiger partial charge in [-0.05, 0) is 19.9 Å². The van der Waals surface area contributed by atoms with Crippen LogP contribution >= 0.6 is 7.60 Å². The second-order valence-electron chi connectivity index (χ2n) is 2.17. The molecule has 0 aromatic rings. The number of hydrogen-bond acceptors (Lipinski definition) is 4. The Morgan fingerprint density at radius 2 is 1.93 bits per heavy atom. The van der Waals surface area contributed by atoms with Crippen LogP contribution in [0, 0.1) is 11.8 Å². The third kappa shape index (κ3) is 5.95. The molecule has 0 bridgehead atoms. The van der Waals surface area contributed by atoms with E-state index < -0.39 is 7.60 Å². The highest BCUT2D eigenvalue weighted by molar-refractivity contribution is 7.57. The molecule has 1 N–H and O–H groups in total. The average molecular weight is 218 g/mol. The lowest BCUT2D eigenvalue weighted by molar-refractivity contribution is 0.229. The van der Waals surface area contributed by atoms with Gasteiger partial charge in [0.1, 0.15) is 6.61 Å². The SMILES string of the molecule is CCOP(=O)(C=CC#CCO)OCC. The van der Waals surface area contributed by atoms with E-state index in [-0.39, 0.29) is 6.61 Å². The molecular weight excluding hydrogens is 203 g/mol. The average Bonchev–Trinajstić information content (AvgIpc) is 2.13. The van der Waals surface area contributed by atoms with Crippen LogP contribution in [0.15, 0.2) is 11.9 Å². The Hall–Kier alpha value is -0.590. The highest BCUT2D eigenvalue weighted by atomic mass is 31.2. The molecule has 4 nitrogen and oxygen atoms in total. The molecule has 0 aromatic heterocycles. The molecule has 0 aliphatic carbocycles. The molecule has 0 spiro atoms. The minimum absolute atomic E-state index is 0.224. The van der Waals surface area contributed by atoms with Crippen molar-refractivity contribution < 1.29 is 18.7 Å².